The predicted octanol–water partition coefficient (Wildman–Crippen LogP) is 19.5. The van der Waals surface area contributed by atoms with Crippen LogP contribution in [-0.4, -0.2) is 164 Å². The molecule has 0 aromatic heterocycles. The Hall–Kier alpha value is -2.40. The first kappa shape index (κ1) is 104. The van der Waals surface area contributed by atoms with Crippen molar-refractivity contribution in [2.24, 2.45) is 32.7 Å². The highest BCUT2D eigenvalue weighted by Crippen LogP contribution is 2.40. The van der Waals surface area contributed by atoms with E-state index >= 15 is 0 Å². The molecule has 0 bridgehead atoms. The van der Waals surface area contributed by atoms with E-state index in [0.717, 1.165) is 17.2 Å². The molecule has 0 aromatic carbocycles. The number of carboxylic acid groups (broad SMARTS) is 2. The zero-order valence-electron chi connectivity index (χ0n) is 69.7. The van der Waals surface area contributed by atoms with Crippen molar-refractivity contribution in [2.75, 3.05) is 24.0 Å². The summed E-state index contributed by atoms with van der Waals surface area (Å²) in [6.07, 6.45) is 5.68. The quantitative estimate of drug-likeness (QED) is 0.0740. The molecule has 2 aliphatic rings. The van der Waals surface area contributed by atoms with E-state index in [4.69, 9.17) is 15.1 Å². The van der Waals surface area contributed by atoms with Gasteiger partial charge in [0.1, 0.15) is 22.4 Å². The Balaban J connectivity index is -0.000000352. The number of imide groups is 2. The number of nitrogens with zero attached hydrogens (tertiary/aromatic N) is 3. The first-order valence-electron chi connectivity index (χ1n) is 34.2. The fourth-order valence-electron chi connectivity index (χ4n) is 8.18. The molecule has 0 aliphatic carbocycles. The maximum Gasteiger partial charge on any atom is 0.317 e. The number of carboxylic acids is 2. The number of ketones is 2. The van der Waals surface area contributed by atoms with Gasteiger partial charge in [-0.25, -0.2) is 0 Å². The number of Topliss-reactive ketones (excluding diaryl/α,β-unsaturated/α-hetero) is 2. The van der Waals surface area contributed by atoms with Gasteiger partial charge in [-0.15, -0.1) is 58.8 Å². The van der Waals surface area contributed by atoms with Crippen LogP contribution in [0.5, 0.6) is 0 Å². The fourth-order valence-corrected chi connectivity index (χ4v) is 13.6. The summed E-state index contributed by atoms with van der Waals surface area (Å²) in [5.74, 6) is -0.0494. The van der Waals surface area contributed by atoms with Gasteiger partial charge in [-0.3, -0.25) is 53.0 Å². The number of oxime groups is 1. The summed E-state index contributed by atoms with van der Waals surface area (Å²) in [7, 11) is 0. The van der Waals surface area contributed by atoms with Crippen LogP contribution in [0.4, 0.5) is 0 Å². The van der Waals surface area contributed by atoms with Crippen molar-refractivity contribution in [3.8, 4) is 0 Å². The summed E-state index contributed by atoms with van der Waals surface area (Å²) in [4.78, 5) is 113. The molecule has 2 aliphatic heterocycles. The van der Waals surface area contributed by atoms with Crippen molar-refractivity contribution in [3.05, 3.63) is 0 Å². The van der Waals surface area contributed by atoms with E-state index in [2.05, 4.69) is 72.8 Å². The Labute approximate surface area is 625 Å². The molecular weight excluding hydrogens is 1350 g/mol. The summed E-state index contributed by atoms with van der Waals surface area (Å²) in [5, 5.41) is 24.0. The van der Waals surface area contributed by atoms with Crippen LogP contribution in [0.2, 0.25) is 0 Å². The van der Waals surface area contributed by atoms with Crippen LogP contribution in [0, 0.1) is 27.6 Å². The molecule has 578 valence electrons. The summed E-state index contributed by atoms with van der Waals surface area (Å²) in [6.45, 7) is 78.6. The Kier molecular flexibility index (Phi) is 44.6. The summed E-state index contributed by atoms with van der Waals surface area (Å²) in [6, 6.07) is 0. The average molecular weight is 1500 g/mol. The van der Waals surface area contributed by atoms with Gasteiger partial charge in [0.15, 0.2) is 0 Å². The molecule has 2 fully saturated rings. The number of thioether (sulfide) groups is 6. The minimum absolute atomic E-state index is 0.00843. The van der Waals surface area contributed by atoms with Crippen LogP contribution in [-0.2, 0) is 48.0 Å². The molecule has 4 atom stereocenters. The van der Waals surface area contributed by atoms with Gasteiger partial charge in [-0.05, 0) is 112 Å². The standard InChI is InChI=1S/C15H31NOS2.2C13H24O3S.C12H21NO2S.C12H21NO2.C9H19NO.C2H6S/c1-13(2,3)17-16-12(10-18-14(4,5)6)11-19-15(7,8)9;1-12(2,3)8-9(14)10(7-11(15)16)17-13(4,5)6;1-12(2,3)8-9(14)7-10(11(15)16)17-13(4,5)6;1-11(2,3)13-9(14)7-8(10(13)15)16-12(4,5)6;1-11(2,3)8-7-9(14)13(10(8)15)12(4,5)6;1-8(2,3)7(11)10-9(4,5)6;1-3-2/h10-11H2,1-9H3;2*10H,7-8H2,1-6H3,(H,15,16);8H,7H2,1-6H3;8H,7H2,1-6H3;1-6H3,(H,10,11);1-2H3. The lowest BCUT2D eigenvalue weighted by Crippen LogP contribution is -2.46. The minimum atomic E-state index is -0.908. The SMILES string of the molecule is CC(C)(C)C1CC(=O)N(C(C)(C)C)C1=O.CC(C)(C)CC(=O)C(CC(=O)O)SC(C)(C)C.CC(C)(C)CC(=O)CC(SC(C)(C)C)C(=O)O.CC(C)(C)NC(=O)C(C)(C)C.CC(C)(C)ON=C(CSC(C)(C)C)CSC(C)(C)C.CC(C)(C)SC1CC(=O)N(C(C)(C)C)C1=O.CSC. The Morgan fingerprint density at radius 3 is 1.12 bits per heavy atom. The van der Waals surface area contributed by atoms with Crippen molar-refractivity contribution in [1.82, 2.24) is 15.1 Å². The highest BCUT2D eigenvalue weighted by Gasteiger charge is 2.49. The molecular formula is C76H146N4O12S6. The Morgan fingerprint density at radius 2 is 0.878 bits per heavy atom. The summed E-state index contributed by atoms with van der Waals surface area (Å²) in [5.41, 5.74) is -0.585. The van der Waals surface area contributed by atoms with Crippen molar-refractivity contribution < 1.29 is 58.2 Å². The van der Waals surface area contributed by atoms with Gasteiger partial charge < -0.3 is 20.4 Å². The number of amides is 5. The first-order valence-corrected chi connectivity index (χ1v) is 40.5. The number of hydrogen-bond acceptors (Lipinski definition) is 17. The molecule has 0 radical (unpaired) electrons. The van der Waals surface area contributed by atoms with Gasteiger partial charge >= 0.3 is 11.9 Å². The predicted molar refractivity (Wildman–Crippen MR) is 431 cm³/mol. The number of hydrogen-bond donors (Lipinski definition) is 3. The molecule has 0 aromatic rings. The lowest BCUT2D eigenvalue weighted by molar-refractivity contribution is -0.146. The van der Waals surface area contributed by atoms with Crippen molar-refractivity contribution >= 4 is 129 Å². The lowest BCUT2D eigenvalue weighted by atomic mass is 9.80. The van der Waals surface area contributed by atoms with Crippen LogP contribution < -0.4 is 5.32 Å². The van der Waals surface area contributed by atoms with Crippen molar-refractivity contribution in [1.29, 1.82) is 0 Å². The van der Waals surface area contributed by atoms with E-state index in [0.29, 0.717) is 25.7 Å². The molecule has 22 heteroatoms. The second-order valence-electron chi connectivity index (χ2n) is 38.6. The lowest BCUT2D eigenvalue weighted by Gasteiger charge is -2.32. The van der Waals surface area contributed by atoms with E-state index in [1.807, 2.05) is 244 Å². The monoisotopic (exact) mass is 1500 g/mol. The number of rotatable bonds is 16. The first-order chi connectivity index (χ1) is 42.7. The number of carbonyl (C=O) groups is 9. The second kappa shape index (κ2) is 41.9. The van der Waals surface area contributed by atoms with Crippen LogP contribution in [0.15, 0.2) is 5.16 Å². The van der Waals surface area contributed by atoms with Gasteiger partial charge in [-0.2, -0.15) is 11.8 Å². The molecule has 5 amide bonds. The third kappa shape index (κ3) is 58.0. The number of aliphatic carboxylic acids is 2. The fraction of sp³-hybridized carbons (Fsp3) is 0.868. The van der Waals surface area contributed by atoms with E-state index < -0.39 is 33.5 Å². The maximum atomic E-state index is 12.1. The van der Waals surface area contributed by atoms with Crippen molar-refractivity contribution in [3.63, 3.8) is 0 Å². The van der Waals surface area contributed by atoms with Gasteiger partial charge in [0, 0.05) is 89.4 Å². The number of nitrogens with one attached hydrogen (secondary N) is 1. The largest absolute Gasteiger partial charge is 0.481 e. The second-order valence-corrected chi connectivity index (χ2v) is 49.1. The molecule has 0 saturated carbocycles. The number of likely N-dealkylation sites (tertiary alicyclic amines) is 2. The zero-order chi connectivity index (χ0) is 79.8. The molecule has 4 unspecified atom stereocenters. The molecule has 2 saturated heterocycles. The molecule has 98 heavy (non-hydrogen) atoms. The smallest absolute Gasteiger partial charge is 0.317 e. The highest BCUT2D eigenvalue weighted by molar-refractivity contribution is 8.03. The zero-order valence-corrected chi connectivity index (χ0v) is 74.6. The van der Waals surface area contributed by atoms with Gasteiger partial charge in [0.2, 0.25) is 29.5 Å². The normalized spacial score (nSPS) is 16.7. The van der Waals surface area contributed by atoms with Crippen LogP contribution in [0.3, 0.4) is 0 Å². The number of carbonyl (C=O) groups excluding carboxylic acids is 7. The van der Waals surface area contributed by atoms with E-state index in [1.165, 1.54) is 33.3 Å². The molecule has 2 rings (SSSR count). The van der Waals surface area contributed by atoms with Gasteiger partial charge in [-0.1, -0.05) is 192 Å². The van der Waals surface area contributed by atoms with Crippen LogP contribution in [0.1, 0.15) is 309 Å². The highest BCUT2D eigenvalue weighted by atomic mass is 32.2. The average Bonchev–Trinajstić information content (AvgIpc) is 1.64. The van der Waals surface area contributed by atoms with Gasteiger partial charge in [0.05, 0.1) is 28.6 Å². The van der Waals surface area contributed by atoms with Gasteiger partial charge in [0.25, 0.3) is 0 Å². The maximum absolute atomic E-state index is 12.1. The third-order valence-corrected chi connectivity index (χ3v) is 18.8. The van der Waals surface area contributed by atoms with E-state index in [1.54, 1.807) is 23.5 Å². The van der Waals surface area contributed by atoms with Crippen molar-refractivity contribution in [2.45, 2.75) is 370 Å². The molecule has 3 N–H and O–H groups in total. The van der Waals surface area contributed by atoms with Crippen LogP contribution >= 0.6 is 70.6 Å². The Bertz CT molecular complexity index is 2510. The van der Waals surface area contributed by atoms with E-state index in [-0.39, 0.29) is 122 Å². The summed E-state index contributed by atoms with van der Waals surface area (Å²) >= 11 is 9.96. The van der Waals surface area contributed by atoms with Crippen LogP contribution in [0.25, 0.3) is 0 Å². The molecule has 0 spiro atoms. The topological polar surface area (TPSA) is 234 Å². The summed E-state index contributed by atoms with van der Waals surface area (Å²) < 4.78 is 0.275. The molecule has 16 nitrogen and oxygen atoms in total. The minimum Gasteiger partial charge on any atom is -0.481 e. The third-order valence-electron chi connectivity index (χ3n) is 11.9. The van der Waals surface area contributed by atoms with E-state index in [9.17, 15) is 43.2 Å². The molecule has 2 heterocycles. The Morgan fingerprint density at radius 1 is 0.510 bits per heavy atom.